The van der Waals surface area contributed by atoms with Gasteiger partial charge in [-0.3, -0.25) is 4.79 Å². The van der Waals surface area contributed by atoms with Gasteiger partial charge in [-0.05, 0) is 19.1 Å². The van der Waals surface area contributed by atoms with Gasteiger partial charge >= 0.3 is 0 Å². The Morgan fingerprint density at radius 1 is 1.46 bits per heavy atom. The van der Waals surface area contributed by atoms with Gasteiger partial charge in [0.15, 0.2) is 5.78 Å². The standard InChI is InChI=1S/C10H9FO2/c1-7(6-12)10(13)8-4-2-3-5-9(8)11/h2-6,12H,1H3/b7-6-. The summed E-state index contributed by atoms with van der Waals surface area (Å²) in [5.41, 5.74) is 0.0930. The molecule has 0 aliphatic rings. The van der Waals surface area contributed by atoms with Gasteiger partial charge in [-0.2, -0.15) is 0 Å². The van der Waals surface area contributed by atoms with E-state index in [-0.39, 0.29) is 11.1 Å². The highest BCUT2D eigenvalue weighted by Crippen LogP contribution is 2.11. The second-order valence-corrected chi connectivity index (χ2v) is 2.62. The monoisotopic (exact) mass is 180 g/mol. The van der Waals surface area contributed by atoms with Crippen LogP contribution >= 0.6 is 0 Å². The minimum atomic E-state index is -0.575. The molecule has 68 valence electrons. The van der Waals surface area contributed by atoms with Gasteiger partial charge in [-0.1, -0.05) is 12.1 Å². The summed E-state index contributed by atoms with van der Waals surface area (Å²) in [5, 5.41) is 8.55. The number of halogens is 1. The lowest BCUT2D eigenvalue weighted by Crippen LogP contribution is -2.03. The van der Waals surface area contributed by atoms with Crippen LogP contribution in [-0.2, 0) is 0 Å². The predicted molar refractivity (Wildman–Crippen MR) is 47.1 cm³/mol. The molecule has 0 saturated carbocycles. The number of carbonyl (C=O) groups excluding carboxylic acids is 1. The van der Waals surface area contributed by atoms with Crippen LogP contribution in [0, 0.1) is 5.82 Å². The Kier molecular flexibility index (Phi) is 2.80. The van der Waals surface area contributed by atoms with Crippen molar-refractivity contribution in [3.63, 3.8) is 0 Å². The van der Waals surface area contributed by atoms with Crippen LogP contribution in [0.1, 0.15) is 17.3 Å². The molecule has 0 fully saturated rings. The highest BCUT2D eigenvalue weighted by atomic mass is 19.1. The molecular weight excluding hydrogens is 171 g/mol. The topological polar surface area (TPSA) is 37.3 Å². The van der Waals surface area contributed by atoms with Crippen molar-refractivity contribution in [1.29, 1.82) is 0 Å². The molecule has 0 saturated heterocycles. The van der Waals surface area contributed by atoms with Gasteiger partial charge in [0.05, 0.1) is 11.8 Å². The number of hydrogen-bond donors (Lipinski definition) is 1. The third-order valence-electron chi connectivity index (χ3n) is 1.67. The number of allylic oxidation sites excluding steroid dienone is 1. The van der Waals surface area contributed by atoms with Crippen molar-refractivity contribution in [1.82, 2.24) is 0 Å². The minimum Gasteiger partial charge on any atom is -0.515 e. The van der Waals surface area contributed by atoms with E-state index in [9.17, 15) is 9.18 Å². The molecule has 1 aromatic carbocycles. The molecule has 1 aromatic rings. The molecule has 3 heteroatoms. The Morgan fingerprint density at radius 3 is 2.62 bits per heavy atom. The largest absolute Gasteiger partial charge is 0.515 e. The Bertz CT molecular complexity index is 356. The number of aliphatic hydroxyl groups is 1. The van der Waals surface area contributed by atoms with Gasteiger partial charge in [-0.15, -0.1) is 0 Å². The number of ketones is 1. The molecule has 0 spiro atoms. The van der Waals surface area contributed by atoms with E-state index in [0.717, 1.165) is 0 Å². The summed E-state index contributed by atoms with van der Waals surface area (Å²) in [7, 11) is 0. The first kappa shape index (κ1) is 9.45. The second kappa shape index (κ2) is 3.85. The predicted octanol–water partition coefficient (Wildman–Crippen LogP) is 2.47. The van der Waals surface area contributed by atoms with Crippen molar-refractivity contribution in [3.05, 3.63) is 47.5 Å². The fourth-order valence-corrected chi connectivity index (χ4v) is 0.916. The maximum absolute atomic E-state index is 13.0. The molecule has 0 unspecified atom stereocenters. The van der Waals surface area contributed by atoms with Crippen LogP contribution in [0.15, 0.2) is 36.1 Å². The van der Waals surface area contributed by atoms with E-state index in [2.05, 4.69) is 0 Å². The van der Waals surface area contributed by atoms with E-state index >= 15 is 0 Å². The number of carbonyl (C=O) groups is 1. The number of hydrogen-bond acceptors (Lipinski definition) is 2. The fourth-order valence-electron chi connectivity index (χ4n) is 0.916. The first-order valence-electron chi connectivity index (χ1n) is 3.77. The Labute approximate surface area is 75.3 Å². The maximum Gasteiger partial charge on any atom is 0.194 e. The Balaban J connectivity index is 3.10. The highest BCUT2D eigenvalue weighted by Gasteiger charge is 2.11. The summed E-state index contributed by atoms with van der Waals surface area (Å²) >= 11 is 0. The van der Waals surface area contributed by atoms with Crippen LogP contribution in [0.2, 0.25) is 0 Å². The van der Waals surface area contributed by atoms with Crippen molar-refractivity contribution >= 4 is 5.78 Å². The molecular formula is C10H9FO2. The van der Waals surface area contributed by atoms with Crippen molar-refractivity contribution < 1.29 is 14.3 Å². The van der Waals surface area contributed by atoms with Crippen molar-refractivity contribution in [2.45, 2.75) is 6.92 Å². The molecule has 0 amide bonds. The summed E-state index contributed by atoms with van der Waals surface area (Å²) in [6.45, 7) is 1.43. The summed E-state index contributed by atoms with van der Waals surface area (Å²) in [6.07, 6.45) is 0.675. The lowest BCUT2D eigenvalue weighted by atomic mass is 10.1. The fraction of sp³-hybridized carbons (Fsp3) is 0.100. The van der Waals surface area contributed by atoms with E-state index in [4.69, 9.17) is 5.11 Å². The normalized spacial score (nSPS) is 11.4. The van der Waals surface area contributed by atoms with Gasteiger partial charge < -0.3 is 5.11 Å². The summed E-state index contributed by atoms with van der Waals surface area (Å²) in [4.78, 5) is 11.3. The number of benzene rings is 1. The zero-order valence-electron chi connectivity index (χ0n) is 7.12. The molecule has 2 nitrogen and oxygen atoms in total. The summed E-state index contributed by atoms with van der Waals surface area (Å²) in [6, 6.07) is 5.66. The molecule has 1 N–H and O–H groups in total. The minimum absolute atomic E-state index is 0.0229. The van der Waals surface area contributed by atoms with Crippen LogP contribution in [-0.4, -0.2) is 10.9 Å². The summed E-state index contributed by atoms with van der Waals surface area (Å²) < 4.78 is 13.0. The van der Waals surface area contributed by atoms with Crippen molar-refractivity contribution in [2.75, 3.05) is 0 Å². The quantitative estimate of drug-likeness (QED) is 0.431. The Hall–Kier alpha value is -1.64. The molecule has 0 aliphatic carbocycles. The van der Waals surface area contributed by atoms with Crippen LogP contribution in [0.3, 0.4) is 0 Å². The second-order valence-electron chi connectivity index (χ2n) is 2.62. The molecule has 0 bridgehead atoms. The van der Waals surface area contributed by atoms with Gasteiger partial charge in [0.2, 0.25) is 0 Å². The van der Waals surface area contributed by atoms with Gasteiger partial charge in [0.25, 0.3) is 0 Å². The number of aliphatic hydroxyl groups excluding tert-OH is 1. The molecule has 13 heavy (non-hydrogen) atoms. The lowest BCUT2D eigenvalue weighted by molar-refractivity contribution is 0.102. The third kappa shape index (κ3) is 1.93. The lowest BCUT2D eigenvalue weighted by Gasteiger charge is -2.00. The van der Waals surface area contributed by atoms with E-state index in [1.165, 1.54) is 25.1 Å². The Morgan fingerprint density at radius 2 is 2.08 bits per heavy atom. The van der Waals surface area contributed by atoms with E-state index < -0.39 is 11.6 Å². The molecule has 0 radical (unpaired) electrons. The first-order chi connectivity index (χ1) is 6.16. The van der Waals surface area contributed by atoms with Crippen LogP contribution in [0.5, 0.6) is 0 Å². The van der Waals surface area contributed by atoms with Crippen LogP contribution < -0.4 is 0 Å². The average molecular weight is 180 g/mol. The molecule has 0 atom stereocenters. The molecule has 0 aliphatic heterocycles. The average Bonchev–Trinajstić information content (AvgIpc) is 2.16. The molecule has 0 heterocycles. The van der Waals surface area contributed by atoms with Gasteiger partial charge in [0, 0.05) is 5.57 Å². The molecule has 0 aromatic heterocycles. The number of rotatable bonds is 2. The van der Waals surface area contributed by atoms with Crippen LogP contribution in [0.25, 0.3) is 0 Å². The first-order valence-corrected chi connectivity index (χ1v) is 3.77. The van der Waals surface area contributed by atoms with E-state index in [0.29, 0.717) is 6.26 Å². The maximum atomic E-state index is 13.0. The van der Waals surface area contributed by atoms with Crippen molar-refractivity contribution in [2.24, 2.45) is 0 Å². The zero-order chi connectivity index (χ0) is 9.84. The van der Waals surface area contributed by atoms with Gasteiger partial charge in [-0.25, -0.2) is 4.39 Å². The van der Waals surface area contributed by atoms with Gasteiger partial charge in [0.1, 0.15) is 5.82 Å². The highest BCUT2D eigenvalue weighted by molar-refractivity contribution is 6.08. The SMILES string of the molecule is C/C(=C/O)C(=O)c1ccccc1F. The third-order valence-corrected chi connectivity index (χ3v) is 1.67. The number of Topliss-reactive ketones (excluding diaryl/α,β-unsaturated/α-hetero) is 1. The van der Waals surface area contributed by atoms with Crippen molar-refractivity contribution in [3.8, 4) is 0 Å². The molecule has 1 rings (SSSR count). The zero-order valence-corrected chi connectivity index (χ0v) is 7.12. The smallest absolute Gasteiger partial charge is 0.194 e. The summed E-state index contributed by atoms with van der Waals surface area (Å²) in [5.74, 6) is -1.07. The van der Waals surface area contributed by atoms with E-state index in [1.807, 2.05) is 0 Å². The van der Waals surface area contributed by atoms with E-state index in [1.54, 1.807) is 6.07 Å². The van der Waals surface area contributed by atoms with Crippen LogP contribution in [0.4, 0.5) is 4.39 Å².